The van der Waals surface area contributed by atoms with Crippen LogP contribution in [0, 0.1) is 5.92 Å². The van der Waals surface area contributed by atoms with E-state index in [0.29, 0.717) is 11.3 Å². The van der Waals surface area contributed by atoms with Crippen molar-refractivity contribution in [2.45, 2.75) is 131 Å². The minimum absolute atomic E-state index is 0.276. The highest BCUT2D eigenvalue weighted by atomic mass is 14.4. The molecule has 1 unspecified atom stereocenters. The van der Waals surface area contributed by atoms with Gasteiger partial charge in [0.2, 0.25) is 0 Å². The van der Waals surface area contributed by atoms with E-state index in [9.17, 15) is 0 Å². The Morgan fingerprint density at radius 2 is 1.52 bits per heavy atom. The molecule has 1 aliphatic carbocycles. The third-order valence-electron chi connectivity index (χ3n) is 7.45. The van der Waals surface area contributed by atoms with E-state index >= 15 is 0 Å². The number of unbranched alkanes of at least 4 members (excludes halogenated alkanes) is 2. The van der Waals surface area contributed by atoms with Crippen LogP contribution in [0.15, 0.2) is 36.4 Å². The minimum Gasteiger partial charge on any atom is -0.0993 e. The van der Waals surface area contributed by atoms with Crippen molar-refractivity contribution in [3.8, 4) is 0 Å². The molecule has 1 aromatic rings. The van der Waals surface area contributed by atoms with Gasteiger partial charge in [-0.3, -0.25) is 0 Å². The van der Waals surface area contributed by atoms with E-state index in [1.54, 1.807) is 11.1 Å². The van der Waals surface area contributed by atoms with Gasteiger partial charge in [0.15, 0.2) is 0 Å². The zero-order chi connectivity index (χ0) is 23.7. The Kier molecular flexibility index (Phi) is 11.3. The van der Waals surface area contributed by atoms with Gasteiger partial charge in [-0.25, -0.2) is 0 Å². The quantitative estimate of drug-likeness (QED) is 0.346. The van der Waals surface area contributed by atoms with Crippen LogP contribution in [0.1, 0.15) is 137 Å². The second-order valence-corrected chi connectivity index (χ2v) is 11.0. The Labute approximate surface area is 195 Å². The van der Waals surface area contributed by atoms with Gasteiger partial charge in [0, 0.05) is 0 Å². The van der Waals surface area contributed by atoms with Crippen LogP contribution in [0.5, 0.6) is 0 Å². The van der Waals surface area contributed by atoms with Gasteiger partial charge in [0.25, 0.3) is 0 Å². The molecule has 1 aromatic carbocycles. The first kappa shape index (κ1) is 27.7. The number of hydrogen-bond donors (Lipinski definition) is 0. The zero-order valence-corrected chi connectivity index (χ0v) is 22.5. The maximum Gasteiger partial charge on any atom is -0.0100 e. The third-order valence-corrected chi connectivity index (χ3v) is 7.45. The Morgan fingerprint density at radius 1 is 0.935 bits per heavy atom. The van der Waals surface area contributed by atoms with Crippen LogP contribution in [0.2, 0.25) is 0 Å². The topological polar surface area (TPSA) is 0 Å². The molecule has 0 N–H and O–H groups in total. The molecule has 0 aromatic heterocycles. The monoisotopic (exact) mass is 424 g/mol. The lowest BCUT2D eigenvalue weighted by atomic mass is 9.63. The molecule has 0 nitrogen and oxygen atoms in total. The standard InChI is InChI=1S/C27H42.C4H10/c1-9-11-12-22(10-2)20(3)13-14-21(4)23-15-16-24-25(19-23)27(7,8)18-17-26(24,5)6;1-3-4-2/h14-16,19,22H,3,9-13,17-18H2,1-2,4-8H3;3-4H2,1-2H3/b21-14+;. The van der Waals surface area contributed by atoms with Crippen LogP contribution in [0.3, 0.4) is 0 Å². The van der Waals surface area contributed by atoms with E-state index in [2.05, 4.69) is 93.2 Å². The molecule has 2 rings (SSSR count). The van der Waals surface area contributed by atoms with Gasteiger partial charge in [-0.1, -0.05) is 118 Å². The van der Waals surface area contributed by atoms with Crippen molar-refractivity contribution in [2.75, 3.05) is 0 Å². The van der Waals surface area contributed by atoms with Crippen LogP contribution in [-0.2, 0) is 10.8 Å². The predicted octanol–water partition coefficient (Wildman–Crippen LogP) is 10.4. The summed E-state index contributed by atoms with van der Waals surface area (Å²) in [6.45, 7) is 25.2. The highest BCUT2D eigenvalue weighted by Crippen LogP contribution is 2.46. The fourth-order valence-electron chi connectivity index (χ4n) is 4.55. The second-order valence-electron chi connectivity index (χ2n) is 11.0. The van der Waals surface area contributed by atoms with Crippen LogP contribution in [-0.4, -0.2) is 0 Å². The van der Waals surface area contributed by atoms with E-state index in [-0.39, 0.29) is 5.41 Å². The highest BCUT2D eigenvalue weighted by molar-refractivity contribution is 5.66. The summed E-state index contributed by atoms with van der Waals surface area (Å²) < 4.78 is 0. The Balaban J connectivity index is 0.00000110. The molecule has 0 aliphatic heterocycles. The molecule has 1 aliphatic rings. The maximum absolute atomic E-state index is 4.41. The van der Waals surface area contributed by atoms with Crippen molar-refractivity contribution < 1.29 is 0 Å². The van der Waals surface area contributed by atoms with Gasteiger partial charge < -0.3 is 0 Å². The summed E-state index contributed by atoms with van der Waals surface area (Å²) >= 11 is 0. The Morgan fingerprint density at radius 3 is 2.03 bits per heavy atom. The third kappa shape index (κ3) is 7.96. The summed E-state index contributed by atoms with van der Waals surface area (Å²) in [4.78, 5) is 0. The molecule has 0 amide bonds. The lowest BCUT2D eigenvalue weighted by molar-refractivity contribution is 0.332. The van der Waals surface area contributed by atoms with Crippen molar-refractivity contribution in [1.82, 2.24) is 0 Å². The molecule has 31 heavy (non-hydrogen) atoms. The molecule has 0 radical (unpaired) electrons. The predicted molar refractivity (Wildman–Crippen MR) is 143 cm³/mol. The highest BCUT2D eigenvalue weighted by Gasteiger charge is 2.36. The molecule has 0 bridgehead atoms. The van der Waals surface area contributed by atoms with Crippen molar-refractivity contribution >= 4 is 5.57 Å². The molecule has 0 heterocycles. The van der Waals surface area contributed by atoms with Crippen LogP contribution in [0.25, 0.3) is 5.57 Å². The lowest BCUT2D eigenvalue weighted by Gasteiger charge is -2.42. The van der Waals surface area contributed by atoms with Gasteiger partial charge in [0.05, 0.1) is 0 Å². The molecular weight excluding hydrogens is 372 g/mol. The molecule has 1 atom stereocenters. The molecule has 176 valence electrons. The van der Waals surface area contributed by atoms with Crippen molar-refractivity contribution in [2.24, 2.45) is 5.92 Å². The number of benzene rings is 1. The smallest absolute Gasteiger partial charge is 0.0100 e. The van der Waals surface area contributed by atoms with Gasteiger partial charge in [-0.15, -0.1) is 0 Å². The summed E-state index contributed by atoms with van der Waals surface area (Å²) in [6.07, 6.45) is 13.7. The summed E-state index contributed by atoms with van der Waals surface area (Å²) in [5.74, 6) is 0.678. The van der Waals surface area contributed by atoms with Gasteiger partial charge >= 0.3 is 0 Å². The maximum atomic E-state index is 4.41. The first-order chi connectivity index (χ1) is 14.5. The van der Waals surface area contributed by atoms with Crippen LogP contribution < -0.4 is 0 Å². The number of fused-ring (bicyclic) bond motifs is 1. The van der Waals surface area contributed by atoms with E-state index in [1.807, 2.05) is 0 Å². The molecule has 0 fully saturated rings. The van der Waals surface area contributed by atoms with Crippen LogP contribution >= 0.6 is 0 Å². The summed E-state index contributed by atoms with van der Waals surface area (Å²) in [5, 5.41) is 0. The molecule has 0 spiro atoms. The fourth-order valence-corrected chi connectivity index (χ4v) is 4.55. The summed E-state index contributed by atoms with van der Waals surface area (Å²) in [5.41, 5.74) is 7.85. The normalized spacial score (nSPS) is 17.9. The van der Waals surface area contributed by atoms with Gasteiger partial charge in [0.1, 0.15) is 0 Å². The van der Waals surface area contributed by atoms with E-state index in [0.717, 1.165) is 6.42 Å². The number of hydrogen-bond acceptors (Lipinski definition) is 0. The first-order valence-electron chi connectivity index (χ1n) is 13.0. The van der Waals surface area contributed by atoms with E-state index in [1.165, 1.54) is 68.1 Å². The zero-order valence-electron chi connectivity index (χ0n) is 22.5. The summed E-state index contributed by atoms with van der Waals surface area (Å²) in [6, 6.07) is 7.21. The molecule has 0 saturated carbocycles. The van der Waals surface area contributed by atoms with Crippen molar-refractivity contribution in [1.29, 1.82) is 0 Å². The largest absolute Gasteiger partial charge is 0.0993 e. The van der Waals surface area contributed by atoms with Gasteiger partial charge in [-0.2, -0.15) is 0 Å². The van der Waals surface area contributed by atoms with Crippen molar-refractivity contribution in [3.63, 3.8) is 0 Å². The Hall–Kier alpha value is -1.30. The Bertz CT molecular complexity index is 712. The van der Waals surface area contributed by atoms with Crippen molar-refractivity contribution in [3.05, 3.63) is 53.1 Å². The average molecular weight is 425 g/mol. The molecule has 0 saturated heterocycles. The molecular formula is C31H52. The minimum atomic E-state index is 0.276. The van der Waals surface area contributed by atoms with E-state index < -0.39 is 0 Å². The summed E-state index contributed by atoms with van der Waals surface area (Å²) in [7, 11) is 0. The fraction of sp³-hybridized carbons (Fsp3) is 0.677. The van der Waals surface area contributed by atoms with E-state index in [4.69, 9.17) is 0 Å². The molecule has 0 heteroatoms. The average Bonchev–Trinajstić information content (AvgIpc) is 2.75. The van der Waals surface area contributed by atoms with Gasteiger partial charge in [-0.05, 0) is 78.0 Å². The number of allylic oxidation sites excluding steroid dienone is 3. The SMILES string of the molecule is C=C(C/C=C(\C)c1ccc2c(c1)C(C)(C)CCC2(C)C)C(CC)CCCC.CCCC. The second kappa shape index (κ2) is 12.7. The first-order valence-corrected chi connectivity index (χ1v) is 13.0. The number of rotatable bonds is 9. The lowest BCUT2D eigenvalue weighted by Crippen LogP contribution is -2.33. The van der Waals surface area contributed by atoms with Crippen LogP contribution in [0.4, 0.5) is 0 Å².